The van der Waals surface area contributed by atoms with Crippen LogP contribution in [0.15, 0.2) is 72.8 Å². The molecule has 0 bridgehead atoms. The molecular formula is C31H33N3O10. The minimum atomic E-state index is -1.31. The number of non-ortho nitro benzene ring substituents is 1. The van der Waals surface area contributed by atoms with Crippen molar-refractivity contribution in [2.45, 2.75) is 45.7 Å². The van der Waals surface area contributed by atoms with E-state index in [4.69, 9.17) is 14.2 Å². The Balaban J connectivity index is 1.56. The average Bonchev–Trinajstić information content (AvgIpc) is 2.97. The molecule has 0 radical (unpaired) electrons. The zero-order valence-electron chi connectivity index (χ0n) is 24.4. The summed E-state index contributed by atoms with van der Waals surface area (Å²) in [6, 6.07) is 15.6. The third kappa shape index (κ3) is 10.4. The Hall–Kier alpha value is -5.46. The number of carbonyl (C=O) groups is 4. The predicted octanol–water partition coefficient (Wildman–Crippen LogP) is 4.20. The van der Waals surface area contributed by atoms with Gasteiger partial charge in [0.1, 0.15) is 29.3 Å². The van der Waals surface area contributed by atoms with E-state index in [1.807, 2.05) is 32.9 Å². The number of nitrogens with zero attached hydrogens (tertiary/aromatic N) is 1. The molecule has 0 fully saturated rings. The van der Waals surface area contributed by atoms with Gasteiger partial charge in [-0.1, -0.05) is 44.2 Å². The first-order valence-electron chi connectivity index (χ1n) is 13.6. The number of hydrogen-bond donors (Lipinski definition) is 3. The van der Waals surface area contributed by atoms with E-state index in [9.17, 15) is 34.4 Å². The monoisotopic (exact) mass is 607 g/mol. The number of ether oxygens (including phenoxy) is 3. The zero-order valence-corrected chi connectivity index (χ0v) is 24.4. The largest absolute Gasteiger partial charge is 0.519 e. The van der Waals surface area contributed by atoms with Crippen molar-refractivity contribution in [3.05, 3.63) is 94.0 Å². The molecule has 3 rings (SSSR count). The maximum atomic E-state index is 13.1. The maximum Gasteiger partial charge on any atom is 0.519 e. The average molecular weight is 608 g/mol. The molecule has 44 heavy (non-hydrogen) atoms. The van der Waals surface area contributed by atoms with Crippen molar-refractivity contribution in [2.75, 3.05) is 6.61 Å². The first-order valence-corrected chi connectivity index (χ1v) is 13.6. The molecule has 13 heteroatoms. The SMILES string of the molecule is Cc1ccccc1OCC(=O)N[C@@H](CC(C)C)C(=O)N[C@@H](Cc1ccc(OC(=O)Oc2ccc([N+](=O)[O-])cc2)cc1)C(=O)O. The Morgan fingerprint density at radius 1 is 0.864 bits per heavy atom. The Morgan fingerprint density at radius 2 is 1.45 bits per heavy atom. The third-order valence-electron chi connectivity index (χ3n) is 6.24. The highest BCUT2D eigenvalue weighted by Gasteiger charge is 2.27. The van der Waals surface area contributed by atoms with Crippen LogP contribution in [-0.2, 0) is 20.8 Å². The second-order valence-electron chi connectivity index (χ2n) is 10.3. The highest BCUT2D eigenvalue weighted by atomic mass is 16.7. The quantitative estimate of drug-likeness (QED) is 0.104. The molecule has 2 amide bonds. The van der Waals surface area contributed by atoms with E-state index >= 15 is 0 Å². The lowest BCUT2D eigenvalue weighted by Crippen LogP contribution is -2.53. The minimum Gasteiger partial charge on any atom is -0.484 e. The topological polar surface area (TPSA) is 183 Å². The smallest absolute Gasteiger partial charge is 0.484 e. The molecule has 0 saturated heterocycles. The minimum absolute atomic E-state index is 0.0197. The van der Waals surface area contributed by atoms with Crippen LogP contribution in [0.5, 0.6) is 17.2 Å². The lowest BCUT2D eigenvalue weighted by molar-refractivity contribution is -0.384. The molecule has 0 aliphatic heterocycles. The molecule has 3 aromatic carbocycles. The molecule has 2 atom stereocenters. The number of amides is 2. The number of nitro groups is 1. The number of aliphatic carboxylic acids is 1. The zero-order chi connectivity index (χ0) is 32.2. The van der Waals surface area contributed by atoms with Gasteiger partial charge in [0.2, 0.25) is 5.91 Å². The summed E-state index contributed by atoms with van der Waals surface area (Å²) in [4.78, 5) is 59.9. The van der Waals surface area contributed by atoms with Crippen molar-refractivity contribution in [1.29, 1.82) is 0 Å². The van der Waals surface area contributed by atoms with E-state index < -0.39 is 40.9 Å². The molecule has 0 heterocycles. The van der Waals surface area contributed by atoms with Crippen molar-refractivity contribution >= 4 is 29.6 Å². The standard InChI is InChI=1S/C31H33N3O10/c1-19(2)16-25(32-28(35)18-42-27-7-5-4-6-20(27)3)29(36)33-26(30(37)38)17-21-8-12-23(13-9-21)43-31(39)44-24-14-10-22(11-15-24)34(40)41/h4-15,19,25-26H,16-18H2,1-3H3,(H,32,35)(H,33,36)(H,37,38)/t25-,26-/m0/s1. The highest BCUT2D eigenvalue weighted by Crippen LogP contribution is 2.20. The number of nitrogens with one attached hydrogen (secondary N) is 2. The molecule has 13 nitrogen and oxygen atoms in total. The fourth-order valence-electron chi connectivity index (χ4n) is 4.05. The Labute approximate surface area is 253 Å². The Kier molecular flexibility index (Phi) is 11.8. The summed E-state index contributed by atoms with van der Waals surface area (Å²) in [5.41, 5.74) is 1.20. The van der Waals surface area contributed by atoms with Crippen molar-refractivity contribution in [1.82, 2.24) is 10.6 Å². The first kappa shape index (κ1) is 33.0. The molecule has 0 aliphatic carbocycles. The third-order valence-corrected chi connectivity index (χ3v) is 6.24. The van der Waals surface area contributed by atoms with Gasteiger partial charge in [-0.05, 0) is 60.7 Å². The number of aryl methyl sites for hydroxylation is 1. The van der Waals surface area contributed by atoms with Crippen molar-refractivity contribution in [3.63, 3.8) is 0 Å². The van der Waals surface area contributed by atoms with Gasteiger partial charge in [-0.25, -0.2) is 9.59 Å². The predicted molar refractivity (Wildman–Crippen MR) is 158 cm³/mol. The van der Waals surface area contributed by atoms with Gasteiger partial charge in [-0.15, -0.1) is 0 Å². The van der Waals surface area contributed by atoms with Crippen molar-refractivity contribution < 1.29 is 43.4 Å². The van der Waals surface area contributed by atoms with Crippen molar-refractivity contribution in [3.8, 4) is 17.2 Å². The van der Waals surface area contributed by atoms with Crippen LogP contribution in [0.3, 0.4) is 0 Å². The van der Waals surface area contributed by atoms with Crippen LogP contribution in [0.1, 0.15) is 31.4 Å². The van der Waals surface area contributed by atoms with Gasteiger partial charge in [0.25, 0.3) is 11.6 Å². The summed E-state index contributed by atoms with van der Waals surface area (Å²) in [5.74, 6) is -1.74. The summed E-state index contributed by atoms with van der Waals surface area (Å²) < 4.78 is 15.7. The van der Waals surface area contributed by atoms with Crippen LogP contribution < -0.4 is 24.8 Å². The van der Waals surface area contributed by atoms with Crippen molar-refractivity contribution in [2.24, 2.45) is 5.92 Å². The molecule has 0 aliphatic rings. The van der Waals surface area contributed by atoms with Crippen LogP contribution >= 0.6 is 0 Å². The number of para-hydroxylation sites is 1. The number of benzene rings is 3. The van der Waals surface area contributed by atoms with Crippen LogP contribution in [0.4, 0.5) is 10.5 Å². The number of rotatable bonds is 14. The van der Waals surface area contributed by atoms with Gasteiger partial charge in [0.05, 0.1) is 4.92 Å². The maximum absolute atomic E-state index is 13.1. The summed E-state index contributed by atoms with van der Waals surface area (Å²) in [6.45, 7) is 5.27. The number of carboxylic acid groups (broad SMARTS) is 1. The summed E-state index contributed by atoms with van der Waals surface area (Å²) in [5, 5.41) is 25.7. The molecule has 0 unspecified atom stereocenters. The lowest BCUT2D eigenvalue weighted by Gasteiger charge is -2.23. The normalized spacial score (nSPS) is 12.0. The van der Waals surface area contributed by atoms with Gasteiger partial charge in [-0.2, -0.15) is 0 Å². The van der Waals surface area contributed by atoms with E-state index in [-0.39, 0.29) is 42.6 Å². The van der Waals surface area contributed by atoms with E-state index in [1.165, 1.54) is 48.5 Å². The van der Waals surface area contributed by atoms with Gasteiger partial charge < -0.3 is 30.0 Å². The molecule has 0 spiro atoms. The van der Waals surface area contributed by atoms with Gasteiger partial charge in [0, 0.05) is 18.6 Å². The van der Waals surface area contributed by atoms with E-state index in [1.54, 1.807) is 12.1 Å². The van der Waals surface area contributed by atoms with E-state index in [2.05, 4.69) is 10.6 Å². The number of nitro benzene ring substituents is 1. The van der Waals surface area contributed by atoms with Crippen LogP contribution in [0.2, 0.25) is 0 Å². The van der Waals surface area contributed by atoms with Gasteiger partial charge in [0.15, 0.2) is 6.61 Å². The summed E-state index contributed by atoms with van der Waals surface area (Å²) in [7, 11) is 0. The first-order chi connectivity index (χ1) is 20.9. The summed E-state index contributed by atoms with van der Waals surface area (Å²) >= 11 is 0. The van der Waals surface area contributed by atoms with Gasteiger partial charge in [-0.3, -0.25) is 19.7 Å². The highest BCUT2D eigenvalue weighted by molar-refractivity contribution is 5.90. The van der Waals surface area contributed by atoms with Crippen LogP contribution in [0, 0.1) is 23.0 Å². The Bertz CT molecular complexity index is 1470. The number of carboxylic acids is 1. The Morgan fingerprint density at radius 3 is 2.00 bits per heavy atom. The second-order valence-corrected chi connectivity index (χ2v) is 10.3. The molecule has 3 aromatic rings. The van der Waals surface area contributed by atoms with Crippen LogP contribution in [0.25, 0.3) is 0 Å². The lowest BCUT2D eigenvalue weighted by atomic mass is 10.0. The van der Waals surface area contributed by atoms with E-state index in [0.29, 0.717) is 11.3 Å². The van der Waals surface area contributed by atoms with Gasteiger partial charge >= 0.3 is 12.1 Å². The fourth-order valence-corrected chi connectivity index (χ4v) is 4.05. The van der Waals surface area contributed by atoms with E-state index in [0.717, 1.165) is 5.56 Å². The molecular weight excluding hydrogens is 574 g/mol. The number of carbonyl (C=O) groups excluding carboxylic acids is 3. The fraction of sp³-hybridized carbons (Fsp3) is 0.290. The molecule has 3 N–H and O–H groups in total. The molecule has 0 saturated carbocycles. The summed E-state index contributed by atoms with van der Waals surface area (Å²) in [6.07, 6.45) is -0.895. The number of hydrogen-bond acceptors (Lipinski definition) is 9. The second kappa shape index (κ2) is 15.7. The van der Waals surface area contributed by atoms with Crippen LogP contribution in [-0.4, -0.2) is 52.7 Å². The molecule has 0 aromatic heterocycles. The molecule has 232 valence electrons.